The topological polar surface area (TPSA) is 20.3 Å². The van der Waals surface area contributed by atoms with E-state index >= 15 is 0 Å². The zero-order chi connectivity index (χ0) is 28.9. The molecule has 5 aromatic carbocycles. The van der Waals surface area contributed by atoms with Crippen molar-refractivity contribution in [3.05, 3.63) is 150 Å². The molecule has 0 aromatic heterocycles. The number of hydrogen-bond acceptors (Lipinski definition) is 1. The Bertz CT molecular complexity index is 1570. The number of carbonyl (C=O) groups excluding carboxylic acids is 1. The standard InChI is InChI=1S/C38H37NOP2/c1-29-16-9-12-24-35(29)41(36-25-13-10-17-30(36)2)28-31-18-15-27-39(31)38(40)34-23-11-14-26-37(34)42(32-19-5-3-6-20-32)33-21-7-4-8-22-33/h3-14,16-17,19-26,31H,15,18,27-28H2,1-2H3. The van der Waals surface area contributed by atoms with Crippen LogP contribution < -0.4 is 26.5 Å². The summed E-state index contributed by atoms with van der Waals surface area (Å²) in [4.78, 5) is 16.8. The fraction of sp³-hybridized carbons (Fsp3) is 0.184. The second-order valence-corrected chi connectivity index (χ2v) is 15.4. The number of benzene rings is 5. The van der Waals surface area contributed by atoms with Crippen molar-refractivity contribution < 1.29 is 4.79 Å². The lowest BCUT2D eigenvalue weighted by atomic mass is 10.2. The molecular weight excluding hydrogens is 548 g/mol. The van der Waals surface area contributed by atoms with Crippen LogP contribution in [-0.2, 0) is 0 Å². The minimum Gasteiger partial charge on any atom is -0.335 e. The summed E-state index contributed by atoms with van der Waals surface area (Å²) in [5.74, 6) is 0.178. The van der Waals surface area contributed by atoms with E-state index in [1.54, 1.807) is 0 Å². The van der Waals surface area contributed by atoms with E-state index in [0.29, 0.717) is 0 Å². The van der Waals surface area contributed by atoms with Gasteiger partial charge in [-0.15, -0.1) is 0 Å². The Morgan fingerprint density at radius 2 is 1.12 bits per heavy atom. The molecule has 2 nitrogen and oxygen atoms in total. The summed E-state index contributed by atoms with van der Waals surface area (Å²) in [7, 11) is -1.48. The summed E-state index contributed by atoms with van der Waals surface area (Å²) in [6, 6.07) is 47.6. The Balaban J connectivity index is 1.37. The highest BCUT2D eigenvalue weighted by Gasteiger charge is 2.34. The number of amides is 1. The van der Waals surface area contributed by atoms with Crippen LogP contribution in [0.4, 0.5) is 0 Å². The van der Waals surface area contributed by atoms with Crippen molar-refractivity contribution in [3.8, 4) is 0 Å². The third-order valence-electron chi connectivity index (χ3n) is 8.25. The van der Waals surface area contributed by atoms with E-state index in [1.807, 2.05) is 6.07 Å². The van der Waals surface area contributed by atoms with Crippen LogP contribution in [0.1, 0.15) is 34.3 Å². The molecule has 1 atom stereocenters. The maximum absolute atomic E-state index is 14.6. The minimum absolute atomic E-state index is 0.178. The van der Waals surface area contributed by atoms with Crippen molar-refractivity contribution in [3.63, 3.8) is 0 Å². The average Bonchev–Trinajstić information content (AvgIpc) is 3.50. The van der Waals surface area contributed by atoms with Gasteiger partial charge in [-0.1, -0.05) is 127 Å². The first-order chi connectivity index (χ1) is 20.6. The van der Waals surface area contributed by atoms with Gasteiger partial charge in [0.15, 0.2) is 0 Å². The molecule has 42 heavy (non-hydrogen) atoms. The maximum Gasteiger partial charge on any atom is 0.254 e. The van der Waals surface area contributed by atoms with Crippen LogP contribution in [0.25, 0.3) is 0 Å². The summed E-state index contributed by atoms with van der Waals surface area (Å²) < 4.78 is 0. The van der Waals surface area contributed by atoms with E-state index in [4.69, 9.17) is 0 Å². The minimum atomic E-state index is -0.869. The summed E-state index contributed by atoms with van der Waals surface area (Å²) >= 11 is 0. The summed E-state index contributed by atoms with van der Waals surface area (Å²) in [5.41, 5.74) is 3.52. The van der Waals surface area contributed by atoms with Gasteiger partial charge in [0, 0.05) is 18.2 Å². The summed E-state index contributed by atoms with van der Waals surface area (Å²) in [5, 5.41) is 6.52. The zero-order valence-electron chi connectivity index (χ0n) is 24.4. The molecule has 0 aliphatic carbocycles. The van der Waals surface area contributed by atoms with E-state index in [1.165, 1.54) is 32.3 Å². The SMILES string of the molecule is Cc1ccccc1P(CC1CCCN1C(=O)c1ccccc1P(c1ccccc1)c1ccccc1)c1ccccc1C. The molecular formula is C38H37NOP2. The Morgan fingerprint density at radius 1 is 0.643 bits per heavy atom. The van der Waals surface area contributed by atoms with Crippen molar-refractivity contribution in [2.45, 2.75) is 32.7 Å². The first-order valence-corrected chi connectivity index (χ1v) is 17.7. The molecule has 1 unspecified atom stereocenters. The number of nitrogens with zero attached hydrogens (tertiary/aromatic N) is 1. The van der Waals surface area contributed by atoms with E-state index in [0.717, 1.165) is 36.4 Å². The predicted molar refractivity (Wildman–Crippen MR) is 183 cm³/mol. The number of aryl methyl sites for hydroxylation is 2. The highest BCUT2D eigenvalue weighted by atomic mass is 31.1. The molecule has 1 aliphatic heterocycles. The zero-order valence-corrected chi connectivity index (χ0v) is 26.1. The first-order valence-electron chi connectivity index (χ1n) is 14.8. The van der Waals surface area contributed by atoms with E-state index in [2.05, 4.69) is 146 Å². The number of carbonyl (C=O) groups is 1. The number of hydrogen-bond donors (Lipinski definition) is 0. The van der Waals surface area contributed by atoms with Gasteiger partial charge in [0.2, 0.25) is 0 Å². The van der Waals surface area contributed by atoms with E-state index < -0.39 is 15.8 Å². The van der Waals surface area contributed by atoms with Crippen LogP contribution in [0.3, 0.4) is 0 Å². The molecule has 0 radical (unpaired) electrons. The van der Waals surface area contributed by atoms with Gasteiger partial charge in [0.05, 0.1) is 0 Å². The smallest absolute Gasteiger partial charge is 0.254 e. The molecule has 1 aliphatic rings. The molecule has 210 valence electrons. The largest absolute Gasteiger partial charge is 0.335 e. The monoisotopic (exact) mass is 585 g/mol. The van der Waals surface area contributed by atoms with Crippen molar-refractivity contribution in [2.24, 2.45) is 0 Å². The molecule has 5 aromatic rings. The van der Waals surface area contributed by atoms with Crippen LogP contribution in [0.2, 0.25) is 0 Å². The summed E-state index contributed by atoms with van der Waals surface area (Å²) in [6.07, 6.45) is 3.09. The molecule has 0 spiro atoms. The third-order valence-corrected chi connectivity index (χ3v) is 13.7. The van der Waals surface area contributed by atoms with Gasteiger partial charge >= 0.3 is 0 Å². The van der Waals surface area contributed by atoms with Crippen molar-refractivity contribution >= 4 is 48.3 Å². The van der Waals surface area contributed by atoms with Gasteiger partial charge < -0.3 is 4.90 Å². The summed E-state index contributed by atoms with van der Waals surface area (Å²) in [6.45, 7) is 5.27. The van der Waals surface area contributed by atoms with Crippen LogP contribution in [-0.4, -0.2) is 29.6 Å². The van der Waals surface area contributed by atoms with E-state index in [-0.39, 0.29) is 11.9 Å². The molecule has 0 bridgehead atoms. The second-order valence-electron chi connectivity index (χ2n) is 11.0. The van der Waals surface area contributed by atoms with Gasteiger partial charge in [-0.3, -0.25) is 4.79 Å². The lowest BCUT2D eigenvalue weighted by Gasteiger charge is -2.31. The third kappa shape index (κ3) is 5.98. The highest BCUT2D eigenvalue weighted by molar-refractivity contribution is 7.80. The molecule has 0 N–H and O–H groups in total. The normalized spacial score (nSPS) is 15.0. The molecule has 1 saturated heterocycles. The predicted octanol–water partition coefficient (Wildman–Crippen LogP) is 6.80. The van der Waals surface area contributed by atoms with Crippen LogP contribution in [0.15, 0.2) is 133 Å². The Kier molecular flexibility index (Phi) is 8.95. The maximum atomic E-state index is 14.6. The number of rotatable bonds is 8. The average molecular weight is 586 g/mol. The Hall–Kier alpha value is -3.57. The van der Waals surface area contributed by atoms with E-state index in [9.17, 15) is 4.79 Å². The van der Waals surface area contributed by atoms with Crippen LogP contribution >= 0.6 is 15.8 Å². The quantitative estimate of drug-likeness (QED) is 0.184. The van der Waals surface area contributed by atoms with Crippen molar-refractivity contribution in [2.75, 3.05) is 12.7 Å². The van der Waals surface area contributed by atoms with Crippen molar-refractivity contribution in [1.29, 1.82) is 0 Å². The Labute approximate surface area is 252 Å². The van der Waals surface area contributed by atoms with Gasteiger partial charge in [-0.25, -0.2) is 0 Å². The lowest BCUT2D eigenvalue weighted by molar-refractivity contribution is 0.0751. The molecule has 4 heteroatoms. The molecule has 0 saturated carbocycles. The molecule has 1 amide bonds. The van der Waals surface area contributed by atoms with Crippen molar-refractivity contribution in [1.82, 2.24) is 4.90 Å². The lowest BCUT2D eigenvalue weighted by Crippen LogP contribution is -2.41. The van der Waals surface area contributed by atoms with Gasteiger partial charge in [-0.2, -0.15) is 0 Å². The molecule has 6 rings (SSSR count). The highest BCUT2D eigenvalue weighted by Crippen LogP contribution is 2.41. The van der Waals surface area contributed by atoms with Gasteiger partial charge in [0.1, 0.15) is 0 Å². The van der Waals surface area contributed by atoms with Crippen LogP contribution in [0.5, 0.6) is 0 Å². The fourth-order valence-electron chi connectivity index (χ4n) is 6.15. The van der Waals surface area contributed by atoms with Gasteiger partial charge in [0.25, 0.3) is 5.91 Å². The Morgan fingerprint density at radius 3 is 1.67 bits per heavy atom. The number of likely N-dealkylation sites (tertiary alicyclic amines) is 1. The first kappa shape index (κ1) is 28.5. The van der Waals surface area contributed by atoms with Gasteiger partial charge in [-0.05, 0) is 92.4 Å². The second kappa shape index (κ2) is 13.2. The van der Waals surface area contributed by atoms with Crippen LogP contribution in [0, 0.1) is 13.8 Å². The fourth-order valence-corrected chi connectivity index (χ4v) is 11.6. The molecule has 1 heterocycles. The molecule has 1 fully saturated rings.